The summed E-state index contributed by atoms with van der Waals surface area (Å²) in [4.78, 5) is 28.7. The summed E-state index contributed by atoms with van der Waals surface area (Å²) in [6.07, 6.45) is -3.59. The van der Waals surface area contributed by atoms with Crippen LogP contribution in [-0.4, -0.2) is 48.7 Å². The van der Waals surface area contributed by atoms with Crippen molar-refractivity contribution in [1.82, 2.24) is 35.0 Å². The van der Waals surface area contributed by atoms with Crippen LogP contribution in [0.25, 0.3) is 5.95 Å². The predicted octanol–water partition coefficient (Wildman–Crippen LogP) is 4.25. The van der Waals surface area contributed by atoms with Crippen LogP contribution >= 0.6 is 15.9 Å². The van der Waals surface area contributed by atoms with Gasteiger partial charge in [-0.05, 0) is 47.8 Å². The maximum absolute atomic E-state index is 13.3. The molecule has 3 aromatic heterocycles. The molecule has 186 valence electrons. The van der Waals surface area contributed by atoms with Crippen LogP contribution in [0.15, 0.2) is 29.3 Å². The molecule has 3 heterocycles. The Balaban J connectivity index is 1.55. The Hall–Kier alpha value is -3.23. The van der Waals surface area contributed by atoms with E-state index in [4.69, 9.17) is 4.74 Å². The van der Waals surface area contributed by atoms with E-state index in [1.54, 1.807) is 6.92 Å². The highest BCUT2D eigenvalue weighted by molar-refractivity contribution is 9.10. The number of carbonyl (C=O) groups excluding carboxylic acids is 1. The highest BCUT2D eigenvalue weighted by Crippen LogP contribution is 2.40. The van der Waals surface area contributed by atoms with Crippen molar-refractivity contribution in [2.24, 2.45) is 0 Å². The largest absolute Gasteiger partial charge is 0.484 e. The Kier molecular flexibility index (Phi) is 6.96. The van der Waals surface area contributed by atoms with Gasteiger partial charge in [-0.1, -0.05) is 0 Å². The molecule has 0 saturated heterocycles. The predicted molar refractivity (Wildman–Crippen MR) is 113 cm³/mol. The fourth-order valence-electron chi connectivity index (χ4n) is 3.14. The van der Waals surface area contributed by atoms with Crippen molar-refractivity contribution < 1.29 is 31.5 Å². The molecule has 0 bridgehead atoms. The molecule has 9 nitrogen and oxygen atoms in total. The minimum absolute atomic E-state index is 0.00276. The van der Waals surface area contributed by atoms with E-state index in [2.05, 4.69) is 46.3 Å². The molecule has 1 fully saturated rings. The lowest BCUT2D eigenvalue weighted by Crippen LogP contribution is -2.29. The van der Waals surface area contributed by atoms with Gasteiger partial charge < -0.3 is 10.1 Å². The van der Waals surface area contributed by atoms with Crippen LogP contribution < -0.4 is 10.1 Å². The second-order valence-electron chi connectivity index (χ2n) is 7.70. The molecule has 15 heteroatoms. The number of amides is 1. The van der Waals surface area contributed by atoms with E-state index >= 15 is 0 Å². The summed E-state index contributed by atoms with van der Waals surface area (Å²) in [6.45, 7) is 0.734. The lowest BCUT2D eigenvalue weighted by molar-refractivity contribution is -0.141. The van der Waals surface area contributed by atoms with Crippen LogP contribution in [0.4, 0.5) is 22.0 Å². The number of halogens is 6. The third-order valence-corrected chi connectivity index (χ3v) is 5.25. The molecule has 0 radical (unpaired) electrons. The lowest BCUT2D eigenvalue weighted by atomic mass is 10.1. The molecule has 4 rings (SSSR count). The summed E-state index contributed by atoms with van der Waals surface area (Å²) < 4.78 is 70.7. The molecule has 1 saturated carbocycles. The first kappa shape index (κ1) is 24.9. The number of hydrogen-bond acceptors (Lipinski definition) is 7. The minimum atomic E-state index is -4.70. The molecule has 3 aromatic rings. The summed E-state index contributed by atoms with van der Waals surface area (Å²) >= 11 is 3.13. The molecular weight excluding hydrogens is 545 g/mol. The average Bonchev–Trinajstić information content (AvgIpc) is 3.58. The zero-order valence-electron chi connectivity index (χ0n) is 17.9. The number of pyridine rings is 1. The third-order valence-electron chi connectivity index (χ3n) is 4.91. The highest BCUT2D eigenvalue weighted by atomic mass is 79.9. The van der Waals surface area contributed by atoms with Crippen LogP contribution in [0.1, 0.15) is 59.3 Å². The Morgan fingerprint density at radius 1 is 1.23 bits per heavy atom. The van der Waals surface area contributed by atoms with Gasteiger partial charge in [0.1, 0.15) is 12.3 Å². The number of ether oxygens (including phenoxy) is 1. The van der Waals surface area contributed by atoms with Crippen molar-refractivity contribution in [2.75, 3.05) is 6.61 Å². The summed E-state index contributed by atoms with van der Waals surface area (Å²) in [6, 6.07) is 1.23. The van der Waals surface area contributed by atoms with Gasteiger partial charge in [-0.2, -0.15) is 17.9 Å². The monoisotopic (exact) mass is 561 g/mol. The van der Waals surface area contributed by atoms with Crippen LogP contribution in [0.5, 0.6) is 5.75 Å². The maximum atomic E-state index is 13.3. The molecule has 1 N–H and O–H groups in total. The summed E-state index contributed by atoms with van der Waals surface area (Å²) in [7, 11) is 0. The Bertz CT molecular complexity index is 1220. The second-order valence-corrected chi connectivity index (χ2v) is 8.41. The van der Waals surface area contributed by atoms with Gasteiger partial charge in [0, 0.05) is 17.2 Å². The SMILES string of the molecule is CC(NC(=O)c1cc(C2CC2)nc(C(F)(F)F)c1)c1nc(Br)nn1-c1ncc(OCC(F)F)cn1. The van der Waals surface area contributed by atoms with Gasteiger partial charge in [0.25, 0.3) is 18.3 Å². The average molecular weight is 562 g/mol. The van der Waals surface area contributed by atoms with Crippen molar-refractivity contribution in [2.45, 2.75) is 44.3 Å². The van der Waals surface area contributed by atoms with Gasteiger partial charge in [0.15, 0.2) is 11.6 Å². The molecular formula is C20H17BrF5N7O2. The van der Waals surface area contributed by atoms with Crippen molar-refractivity contribution in [3.05, 3.63) is 52.0 Å². The molecule has 1 amide bonds. The minimum Gasteiger partial charge on any atom is -0.484 e. The van der Waals surface area contributed by atoms with E-state index < -0.39 is 36.9 Å². The molecule has 1 atom stereocenters. The van der Waals surface area contributed by atoms with Gasteiger partial charge in [-0.3, -0.25) is 4.79 Å². The quantitative estimate of drug-likeness (QED) is 0.410. The van der Waals surface area contributed by atoms with E-state index in [9.17, 15) is 26.7 Å². The first-order valence-corrected chi connectivity index (χ1v) is 11.1. The summed E-state index contributed by atoms with van der Waals surface area (Å²) in [5, 5.41) is 6.71. The summed E-state index contributed by atoms with van der Waals surface area (Å²) in [5.74, 6) is -0.664. The van der Waals surface area contributed by atoms with E-state index in [-0.39, 0.29) is 39.4 Å². The first-order chi connectivity index (χ1) is 16.5. The topological polar surface area (TPSA) is 108 Å². The number of nitrogens with zero attached hydrogens (tertiary/aromatic N) is 6. The van der Waals surface area contributed by atoms with Crippen LogP contribution in [-0.2, 0) is 6.18 Å². The van der Waals surface area contributed by atoms with Gasteiger partial charge in [-0.25, -0.2) is 28.7 Å². The van der Waals surface area contributed by atoms with E-state index in [0.29, 0.717) is 6.07 Å². The fourth-order valence-corrected chi connectivity index (χ4v) is 3.48. The number of nitrogens with one attached hydrogen (secondary N) is 1. The number of carbonyl (C=O) groups is 1. The molecule has 0 spiro atoms. The number of rotatable bonds is 8. The Morgan fingerprint density at radius 3 is 2.51 bits per heavy atom. The van der Waals surface area contributed by atoms with Gasteiger partial charge in [-0.15, -0.1) is 5.10 Å². The molecule has 35 heavy (non-hydrogen) atoms. The maximum Gasteiger partial charge on any atom is 0.433 e. The van der Waals surface area contributed by atoms with Crippen LogP contribution in [0, 0.1) is 0 Å². The molecule has 1 unspecified atom stereocenters. The van der Waals surface area contributed by atoms with Crippen molar-refractivity contribution in [3.63, 3.8) is 0 Å². The van der Waals surface area contributed by atoms with Crippen LogP contribution in [0.2, 0.25) is 0 Å². The number of aromatic nitrogens is 6. The van der Waals surface area contributed by atoms with E-state index in [1.807, 2.05) is 0 Å². The summed E-state index contributed by atoms with van der Waals surface area (Å²) in [5.41, 5.74) is -1.08. The van der Waals surface area contributed by atoms with E-state index in [1.165, 1.54) is 23.1 Å². The normalized spacial score (nSPS) is 14.7. The Morgan fingerprint density at radius 2 is 1.91 bits per heavy atom. The standard InChI is InChI=1S/C20H17BrF5N7O2/c1-9(29-17(34)11-4-13(10-2-3-10)30-14(5-11)20(24,25)26)16-31-18(21)32-33(16)19-27-6-12(7-28-19)35-8-15(22)23/h4-7,9-10,15H,2-3,8H2,1H3,(H,29,34). The highest BCUT2D eigenvalue weighted by Gasteiger charge is 2.36. The Labute approximate surface area is 203 Å². The molecule has 1 aliphatic carbocycles. The van der Waals surface area contributed by atoms with Gasteiger partial charge in [0.05, 0.1) is 18.4 Å². The van der Waals surface area contributed by atoms with E-state index in [0.717, 1.165) is 12.8 Å². The number of hydrogen-bond donors (Lipinski definition) is 1. The van der Waals surface area contributed by atoms with Crippen LogP contribution in [0.3, 0.4) is 0 Å². The zero-order chi connectivity index (χ0) is 25.3. The number of alkyl halides is 5. The molecule has 0 aliphatic heterocycles. The smallest absolute Gasteiger partial charge is 0.433 e. The third kappa shape index (κ3) is 6.07. The van der Waals surface area contributed by atoms with Gasteiger partial charge in [0.2, 0.25) is 4.73 Å². The van der Waals surface area contributed by atoms with Crippen molar-refractivity contribution in [1.29, 1.82) is 0 Å². The van der Waals surface area contributed by atoms with Crippen molar-refractivity contribution >= 4 is 21.8 Å². The second kappa shape index (κ2) is 9.79. The van der Waals surface area contributed by atoms with Gasteiger partial charge >= 0.3 is 6.18 Å². The molecule has 0 aromatic carbocycles. The first-order valence-electron chi connectivity index (χ1n) is 10.3. The molecule has 1 aliphatic rings. The zero-order valence-corrected chi connectivity index (χ0v) is 19.5. The lowest BCUT2D eigenvalue weighted by Gasteiger charge is -2.15. The fraction of sp³-hybridized carbons (Fsp3) is 0.400. The van der Waals surface area contributed by atoms with Crippen molar-refractivity contribution in [3.8, 4) is 11.7 Å².